The van der Waals surface area contributed by atoms with Gasteiger partial charge >= 0.3 is 12.1 Å². The SMILES string of the molecule is CC/C=C/C=C(Cl)\C=C(/C)CCC.C\C=C(C(=O)OC)/C(C(/C)=N/C=C/CC)=C(/C)N1CCN(C(=O)OC(C)(C)C)CC1. The van der Waals surface area contributed by atoms with Gasteiger partial charge < -0.3 is 19.3 Å². The molecule has 1 saturated heterocycles. The molecule has 0 spiro atoms. The van der Waals surface area contributed by atoms with Crippen molar-refractivity contribution in [2.24, 2.45) is 4.99 Å². The maximum absolute atomic E-state index is 12.4. The molecule has 1 heterocycles. The Morgan fingerprint density at radius 2 is 1.53 bits per heavy atom. The van der Waals surface area contributed by atoms with Crippen molar-refractivity contribution in [3.05, 3.63) is 70.1 Å². The summed E-state index contributed by atoms with van der Waals surface area (Å²) in [6.07, 6.45) is 17.5. The smallest absolute Gasteiger partial charge is 0.410 e. The van der Waals surface area contributed by atoms with Crippen LogP contribution in [-0.2, 0) is 14.3 Å². The molecule has 0 unspecified atom stereocenters. The summed E-state index contributed by atoms with van der Waals surface area (Å²) in [5, 5.41) is 0.815. The van der Waals surface area contributed by atoms with Gasteiger partial charge in [0.05, 0.1) is 12.7 Å². The Kier molecular flexibility index (Phi) is 20.1. The van der Waals surface area contributed by atoms with Crippen LogP contribution in [0, 0.1) is 0 Å². The fourth-order valence-electron chi connectivity index (χ4n) is 4.22. The van der Waals surface area contributed by atoms with Gasteiger partial charge in [-0.3, -0.25) is 4.99 Å². The van der Waals surface area contributed by atoms with Crippen molar-refractivity contribution in [2.45, 2.75) is 101 Å². The van der Waals surface area contributed by atoms with E-state index in [-0.39, 0.29) is 6.09 Å². The maximum atomic E-state index is 12.4. The van der Waals surface area contributed by atoms with Gasteiger partial charge in [-0.2, -0.15) is 0 Å². The van der Waals surface area contributed by atoms with E-state index >= 15 is 0 Å². The van der Waals surface area contributed by atoms with Crippen molar-refractivity contribution in [2.75, 3.05) is 33.3 Å². The summed E-state index contributed by atoms with van der Waals surface area (Å²) in [5.74, 6) is -0.395. The summed E-state index contributed by atoms with van der Waals surface area (Å²) < 4.78 is 10.5. The fraction of sp³-hybridized carbons (Fsp3) is 0.571. The summed E-state index contributed by atoms with van der Waals surface area (Å²) >= 11 is 5.98. The molecule has 0 aromatic rings. The molecule has 1 aliphatic rings. The van der Waals surface area contributed by atoms with Crippen molar-refractivity contribution in [1.82, 2.24) is 9.80 Å². The zero-order valence-electron chi connectivity index (χ0n) is 28.6. The lowest BCUT2D eigenvalue weighted by atomic mass is 9.98. The van der Waals surface area contributed by atoms with Crippen molar-refractivity contribution < 1.29 is 19.1 Å². The maximum Gasteiger partial charge on any atom is 0.410 e. The second-order valence-electron chi connectivity index (χ2n) is 11.2. The molecule has 0 bridgehead atoms. The van der Waals surface area contributed by atoms with Crippen molar-refractivity contribution in [3.63, 3.8) is 0 Å². The van der Waals surface area contributed by atoms with Gasteiger partial charge in [-0.25, -0.2) is 9.59 Å². The third-order valence-electron chi connectivity index (χ3n) is 6.36. The van der Waals surface area contributed by atoms with Gasteiger partial charge in [-0.1, -0.05) is 68.7 Å². The monoisotopic (exact) mass is 617 g/mol. The largest absolute Gasteiger partial charge is 0.465 e. The average molecular weight is 618 g/mol. The van der Waals surface area contributed by atoms with Crippen molar-refractivity contribution in [1.29, 1.82) is 0 Å². The molecule has 0 aromatic carbocycles. The highest BCUT2D eigenvalue weighted by atomic mass is 35.5. The lowest BCUT2D eigenvalue weighted by Crippen LogP contribution is -2.49. The number of carbonyl (C=O) groups excluding carboxylic acids is 2. The van der Waals surface area contributed by atoms with E-state index < -0.39 is 11.6 Å². The minimum atomic E-state index is -0.516. The number of halogens is 1. The zero-order valence-corrected chi connectivity index (χ0v) is 29.3. The Hall–Kier alpha value is -3.06. The number of ether oxygens (including phenoxy) is 2. The number of piperazine rings is 1. The Bertz CT molecular complexity index is 1100. The molecular weight excluding hydrogens is 562 g/mol. The second-order valence-corrected chi connectivity index (χ2v) is 11.7. The lowest BCUT2D eigenvalue weighted by Gasteiger charge is -2.38. The molecule has 1 rings (SSSR count). The third kappa shape index (κ3) is 16.4. The number of amides is 1. The van der Waals surface area contributed by atoms with E-state index in [0.717, 1.165) is 41.3 Å². The standard InChI is InChI=1S/C23H37N3O4.C12H19Cl/c1-9-11-12-24-17(3)20(19(10-2)21(27)29-8)18(4)25-13-15-26(16-14-25)22(28)30-23(5,6)7;1-4-6-7-9-12(13)10-11(3)8-5-2/h10-12H,9,13-16H2,1-8H3;6-7,9-10H,4-5,8H2,1-3H3/b12-11+,19-10+,20-18-,24-17+;7-6+,11-10+,12-9+. The highest BCUT2D eigenvalue weighted by Gasteiger charge is 2.28. The van der Waals surface area contributed by atoms with E-state index in [4.69, 9.17) is 21.1 Å². The fourth-order valence-corrected chi connectivity index (χ4v) is 4.47. The lowest BCUT2D eigenvalue weighted by molar-refractivity contribution is -0.135. The second kappa shape index (κ2) is 21.6. The number of hydrogen-bond acceptors (Lipinski definition) is 6. The van der Waals surface area contributed by atoms with Crippen LogP contribution >= 0.6 is 11.6 Å². The predicted octanol–water partition coefficient (Wildman–Crippen LogP) is 9.14. The van der Waals surface area contributed by atoms with E-state index in [1.165, 1.54) is 19.1 Å². The molecule has 242 valence electrons. The van der Waals surface area contributed by atoms with E-state index in [1.54, 1.807) is 17.2 Å². The number of aliphatic imine (C=N–C) groups is 1. The van der Waals surface area contributed by atoms with Gasteiger partial charge in [0.25, 0.3) is 0 Å². The van der Waals surface area contributed by atoms with Crippen molar-refractivity contribution in [3.8, 4) is 0 Å². The predicted molar refractivity (Wildman–Crippen MR) is 182 cm³/mol. The molecule has 7 nitrogen and oxygen atoms in total. The third-order valence-corrected chi connectivity index (χ3v) is 6.59. The summed E-state index contributed by atoms with van der Waals surface area (Å²) in [5.41, 5.74) is 3.74. The van der Waals surface area contributed by atoms with Gasteiger partial charge in [-0.05, 0) is 79.9 Å². The number of rotatable bonds is 11. The Balaban J connectivity index is 0.00000114. The molecule has 0 saturated carbocycles. The minimum absolute atomic E-state index is 0.296. The molecule has 43 heavy (non-hydrogen) atoms. The van der Waals surface area contributed by atoms with Crippen LogP contribution in [0.3, 0.4) is 0 Å². The highest BCUT2D eigenvalue weighted by molar-refractivity contribution is 6.31. The first-order valence-electron chi connectivity index (χ1n) is 15.3. The van der Waals surface area contributed by atoms with Crippen LogP contribution in [0.2, 0.25) is 0 Å². The summed E-state index contributed by atoms with van der Waals surface area (Å²) in [7, 11) is 1.38. The molecule has 1 fully saturated rings. The molecule has 0 radical (unpaired) electrons. The number of esters is 1. The zero-order chi connectivity index (χ0) is 33.0. The highest BCUT2D eigenvalue weighted by Crippen LogP contribution is 2.23. The quantitative estimate of drug-likeness (QED) is 0.100. The molecule has 1 amide bonds. The Labute approximate surface area is 266 Å². The summed E-state index contributed by atoms with van der Waals surface area (Å²) in [4.78, 5) is 33.1. The Morgan fingerprint density at radius 3 is 2.02 bits per heavy atom. The molecule has 0 atom stereocenters. The van der Waals surface area contributed by atoms with E-state index in [0.29, 0.717) is 31.8 Å². The van der Waals surface area contributed by atoms with Crippen LogP contribution in [0.25, 0.3) is 0 Å². The first kappa shape index (κ1) is 39.9. The molecular formula is C35H56ClN3O4. The van der Waals surface area contributed by atoms with Crippen LogP contribution in [0.15, 0.2) is 75.1 Å². The van der Waals surface area contributed by atoms with Gasteiger partial charge in [0.2, 0.25) is 0 Å². The normalized spacial score (nSPS) is 16.3. The van der Waals surface area contributed by atoms with Gasteiger partial charge in [-0.15, -0.1) is 0 Å². The molecule has 0 aliphatic carbocycles. The Morgan fingerprint density at radius 1 is 0.953 bits per heavy atom. The number of nitrogens with zero attached hydrogens (tertiary/aromatic N) is 3. The summed E-state index contributed by atoms with van der Waals surface area (Å²) in [6.45, 7) is 22.1. The molecule has 0 aromatic heterocycles. The number of hydrogen-bond donors (Lipinski definition) is 0. The van der Waals surface area contributed by atoms with E-state index in [1.807, 2.05) is 72.8 Å². The molecule has 0 N–H and O–H groups in total. The van der Waals surface area contributed by atoms with Gasteiger partial charge in [0.15, 0.2) is 0 Å². The van der Waals surface area contributed by atoms with Crippen LogP contribution in [0.5, 0.6) is 0 Å². The van der Waals surface area contributed by atoms with Gasteiger partial charge in [0.1, 0.15) is 5.60 Å². The molecule has 8 heteroatoms. The minimum Gasteiger partial charge on any atom is -0.465 e. The van der Waals surface area contributed by atoms with Crippen LogP contribution in [0.4, 0.5) is 4.79 Å². The van der Waals surface area contributed by atoms with Crippen molar-refractivity contribution >= 4 is 29.4 Å². The first-order valence-corrected chi connectivity index (χ1v) is 15.7. The first-order chi connectivity index (χ1) is 20.3. The molecule has 1 aliphatic heterocycles. The topological polar surface area (TPSA) is 71.4 Å². The number of methoxy groups -OCH3 is 1. The van der Waals surface area contributed by atoms with E-state index in [2.05, 4.69) is 36.7 Å². The number of carbonyl (C=O) groups is 2. The van der Waals surface area contributed by atoms with Gasteiger partial charge in [0, 0.05) is 54.4 Å². The summed E-state index contributed by atoms with van der Waals surface area (Å²) in [6, 6.07) is 0. The average Bonchev–Trinajstić information content (AvgIpc) is 2.95. The van der Waals surface area contributed by atoms with E-state index in [9.17, 15) is 9.59 Å². The van der Waals surface area contributed by atoms with Crippen LogP contribution in [-0.4, -0.2) is 66.5 Å². The van der Waals surface area contributed by atoms with Crippen LogP contribution < -0.4 is 0 Å². The number of allylic oxidation sites excluding steroid dienone is 9. The van der Waals surface area contributed by atoms with Crippen LogP contribution in [0.1, 0.15) is 94.9 Å².